The van der Waals surface area contributed by atoms with E-state index in [1.54, 1.807) is 6.20 Å². The van der Waals surface area contributed by atoms with Crippen LogP contribution >= 0.6 is 30.4 Å². The van der Waals surface area contributed by atoms with Crippen LogP contribution in [0.4, 0.5) is 5.69 Å². The molecule has 0 saturated heterocycles. The number of halogens is 3. The summed E-state index contributed by atoms with van der Waals surface area (Å²) in [4.78, 5) is 4.29. The molecule has 0 fully saturated rings. The van der Waals surface area contributed by atoms with E-state index in [0.717, 1.165) is 29.7 Å². The van der Waals surface area contributed by atoms with Crippen LogP contribution < -0.4 is 10.6 Å². The number of hydrogen-bond acceptors (Lipinski definition) is 3. The first-order valence-corrected chi connectivity index (χ1v) is 12.0. The molecule has 0 atom stereocenters. The van der Waals surface area contributed by atoms with Crippen molar-refractivity contribution >= 4 is 47.0 Å². The van der Waals surface area contributed by atoms with Gasteiger partial charge < -0.3 is 10.6 Å². The van der Waals surface area contributed by atoms with E-state index in [1.165, 1.54) is 0 Å². The summed E-state index contributed by atoms with van der Waals surface area (Å²) in [6.45, 7) is 2.22. The average Bonchev–Trinajstić information content (AvgIpc) is 2.47. The van der Waals surface area contributed by atoms with E-state index in [1.807, 2.05) is 24.3 Å². The van der Waals surface area contributed by atoms with Gasteiger partial charge in [-0.05, 0) is 24.3 Å². The predicted octanol–water partition coefficient (Wildman–Crippen LogP) is 3.90. The predicted molar refractivity (Wildman–Crippen MR) is 88.7 cm³/mol. The number of anilines is 1. The number of fused-ring (bicyclic) bond motifs is 1. The first-order valence-electron chi connectivity index (χ1n) is 5.97. The van der Waals surface area contributed by atoms with Gasteiger partial charge in [0.05, 0.1) is 12.1 Å². The Balaban J connectivity index is 0.000000677. The minimum absolute atomic E-state index is 0.472. The zero-order valence-corrected chi connectivity index (χ0v) is 15.5. The van der Waals surface area contributed by atoms with Crippen LogP contribution in [0, 0.1) is 12.3 Å². The fourth-order valence-electron chi connectivity index (χ4n) is 1.72. The van der Waals surface area contributed by atoms with Crippen molar-refractivity contribution in [1.29, 1.82) is 0 Å². The Kier molecular flexibility index (Phi) is 9.83. The molecular weight excluding hydrogens is 512 g/mol. The summed E-state index contributed by atoms with van der Waals surface area (Å²) in [5.41, 5.74) is 1.95. The van der Waals surface area contributed by atoms with E-state index in [0.29, 0.717) is 11.6 Å². The van der Waals surface area contributed by atoms with Crippen molar-refractivity contribution in [3.63, 3.8) is 0 Å². The quantitative estimate of drug-likeness (QED) is 0.459. The Morgan fingerprint density at radius 3 is 2.71 bits per heavy atom. The van der Waals surface area contributed by atoms with E-state index >= 15 is 0 Å². The molecule has 0 aliphatic heterocycles. The van der Waals surface area contributed by atoms with Crippen LogP contribution in [0.25, 0.3) is 10.9 Å². The number of benzene rings is 1. The number of rotatable bonds is 5. The molecule has 3 nitrogen and oxygen atoms in total. The summed E-state index contributed by atoms with van der Waals surface area (Å²) in [5, 5.41) is 8.24. The van der Waals surface area contributed by atoms with E-state index < -0.39 is 16.5 Å². The van der Waals surface area contributed by atoms with Crippen molar-refractivity contribution in [2.75, 3.05) is 25.0 Å². The van der Waals surface area contributed by atoms with Crippen molar-refractivity contribution in [3.05, 3.63) is 35.5 Å². The minimum atomic E-state index is -0.472. The molecule has 0 amide bonds. The second-order valence-electron chi connectivity index (χ2n) is 3.87. The van der Waals surface area contributed by atoms with Gasteiger partial charge in [-0.25, -0.2) is 0 Å². The van der Waals surface area contributed by atoms with Crippen LogP contribution in [-0.4, -0.2) is 24.6 Å². The van der Waals surface area contributed by atoms with Gasteiger partial charge in [-0.3, -0.25) is 4.98 Å². The summed E-state index contributed by atoms with van der Waals surface area (Å²) >= 11 is 5.47. The molecule has 21 heavy (non-hydrogen) atoms. The Bertz CT molecular complexity index is 602. The number of aromatic nitrogens is 1. The number of nitrogens with one attached hydrogen (secondary N) is 2. The summed E-state index contributed by atoms with van der Waals surface area (Å²) in [7, 11) is 9.75. The molecule has 1 aromatic carbocycles. The van der Waals surface area contributed by atoms with Crippen LogP contribution in [0.2, 0.25) is 5.02 Å². The third-order valence-corrected chi connectivity index (χ3v) is 2.78. The van der Waals surface area contributed by atoms with Crippen molar-refractivity contribution in [2.24, 2.45) is 0 Å². The molecule has 0 saturated carbocycles. The molecule has 114 valence electrons. The zero-order chi connectivity index (χ0) is 15.5. The second kappa shape index (κ2) is 11.1. The first-order chi connectivity index (χ1) is 10.2. The monoisotopic (exact) mass is 524 g/mol. The van der Waals surface area contributed by atoms with Gasteiger partial charge in [0.25, 0.3) is 0 Å². The third-order valence-electron chi connectivity index (χ3n) is 2.55. The van der Waals surface area contributed by atoms with Gasteiger partial charge in [0.15, 0.2) is 0 Å². The second-order valence-corrected chi connectivity index (χ2v) is 7.59. The molecule has 2 rings (SSSR count). The number of nitrogens with zero attached hydrogens (tertiary/aromatic N) is 1. The fraction of sp³-hybridized carbons (Fsp3) is 0.214. The van der Waals surface area contributed by atoms with Gasteiger partial charge in [-0.15, -0.1) is 6.42 Å². The van der Waals surface area contributed by atoms with Crippen LogP contribution in [-0.2, 0) is 16.5 Å². The summed E-state index contributed by atoms with van der Waals surface area (Å²) in [6, 6.07) is 7.66. The zero-order valence-electron chi connectivity index (χ0n) is 11.0. The Hall–Kier alpha value is -0.492. The number of terminal acetylenes is 1. The Morgan fingerprint density at radius 1 is 1.24 bits per heavy atom. The van der Waals surface area contributed by atoms with Gasteiger partial charge in [0.1, 0.15) is 0 Å². The van der Waals surface area contributed by atoms with Crippen LogP contribution in [0.5, 0.6) is 0 Å². The standard InChI is InChI=1S/C14H14ClN3.2ClH.Pt/c1-2-6-16-8-9-18-13-5-7-17-14-10-11(15)3-4-12(13)14;;;/h1,3-5,7,10,16H,6,8-9H2,(H,17,18);2*1H;/q;;;+4/p-2. The first kappa shape index (κ1) is 18.6. The molecule has 0 aliphatic carbocycles. The molecule has 0 aliphatic rings. The van der Waals surface area contributed by atoms with Gasteiger partial charge in [-0.2, -0.15) is 0 Å². The number of hydrogen-bond donors (Lipinski definition) is 2. The van der Waals surface area contributed by atoms with E-state index in [2.05, 4.69) is 21.5 Å². The van der Waals surface area contributed by atoms with Crippen molar-refractivity contribution in [1.82, 2.24) is 10.3 Å². The fourth-order valence-corrected chi connectivity index (χ4v) is 1.89. The van der Waals surface area contributed by atoms with E-state index in [9.17, 15) is 0 Å². The summed E-state index contributed by atoms with van der Waals surface area (Å²) < 4.78 is 0. The molecule has 1 heterocycles. The van der Waals surface area contributed by atoms with Crippen molar-refractivity contribution in [2.45, 2.75) is 0 Å². The molecule has 0 bridgehead atoms. The third kappa shape index (κ3) is 6.87. The van der Waals surface area contributed by atoms with Crippen LogP contribution in [0.15, 0.2) is 30.5 Å². The number of pyridine rings is 1. The molecule has 0 spiro atoms. The van der Waals surface area contributed by atoms with Gasteiger partial charge in [-0.1, -0.05) is 17.5 Å². The van der Waals surface area contributed by atoms with E-state index in [-0.39, 0.29) is 0 Å². The molecule has 2 aromatic rings. The molecule has 0 radical (unpaired) electrons. The van der Waals surface area contributed by atoms with Gasteiger partial charge in [0.2, 0.25) is 0 Å². The maximum absolute atomic E-state index is 5.94. The Labute approximate surface area is 146 Å². The molecule has 2 N–H and O–H groups in total. The normalized spacial score (nSPS) is 9.81. The Morgan fingerprint density at radius 2 is 2.00 bits per heavy atom. The molecular formula is C14H14Cl3N3Pt+2. The summed E-state index contributed by atoms with van der Waals surface area (Å²) in [5.74, 6) is 2.54. The summed E-state index contributed by atoms with van der Waals surface area (Å²) in [6.07, 6.45) is 6.93. The molecule has 7 heteroatoms. The van der Waals surface area contributed by atoms with Crippen LogP contribution in [0.3, 0.4) is 0 Å². The van der Waals surface area contributed by atoms with Gasteiger partial charge in [0, 0.05) is 35.4 Å². The van der Waals surface area contributed by atoms with E-state index in [4.69, 9.17) is 36.9 Å². The van der Waals surface area contributed by atoms with Crippen LogP contribution in [0.1, 0.15) is 0 Å². The topological polar surface area (TPSA) is 37.0 Å². The molecule has 0 unspecified atom stereocenters. The molecule has 1 aromatic heterocycles. The van der Waals surface area contributed by atoms with Crippen molar-refractivity contribution in [3.8, 4) is 12.3 Å². The average molecular weight is 526 g/mol. The SMILES string of the molecule is C#CCNCCNc1ccnc2cc(Cl)ccc12.[Cl][Pt+2][Cl]. The maximum atomic E-state index is 5.94. The van der Waals surface area contributed by atoms with Gasteiger partial charge >= 0.3 is 35.3 Å². The van der Waals surface area contributed by atoms with Crippen molar-refractivity contribution < 1.29 is 16.5 Å².